The largest absolute Gasteiger partial charge is 0.478 e. The van der Waals surface area contributed by atoms with E-state index < -0.39 is 23.7 Å². The van der Waals surface area contributed by atoms with Gasteiger partial charge in [0.25, 0.3) is 0 Å². The van der Waals surface area contributed by atoms with E-state index in [4.69, 9.17) is 9.84 Å². The molecule has 2 rings (SSSR count). The molecule has 1 N–H and O–H groups in total. The second-order valence-electron chi connectivity index (χ2n) is 3.79. The minimum absolute atomic E-state index is 0.154. The lowest BCUT2D eigenvalue weighted by Crippen LogP contribution is -2.19. The lowest BCUT2D eigenvalue weighted by atomic mass is 10.1. The second kappa shape index (κ2) is 5.48. The van der Waals surface area contributed by atoms with E-state index in [1.807, 2.05) is 0 Å². The van der Waals surface area contributed by atoms with Gasteiger partial charge in [-0.3, -0.25) is 0 Å². The van der Waals surface area contributed by atoms with Crippen molar-refractivity contribution in [3.63, 3.8) is 0 Å². The van der Waals surface area contributed by atoms with Gasteiger partial charge in [-0.15, -0.1) is 0 Å². The molecule has 0 fully saturated rings. The van der Waals surface area contributed by atoms with Gasteiger partial charge < -0.3 is 9.84 Å². The number of rotatable bonds is 4. The van der Waals surface area contributed by atoms with Crippen molar-refractivity contribution in [1.82, 2.24) is 0 Å². The van der Waals surface area contributed by atoms with Gasteiger partial charge in [-0.1, -0.05) is 30.3 Å². The molecule has 2 aromatic carbocycles. The van der Waals surface area contributed by atoms with Crippen LogP contribution < -0.4 is 4.74 Å². The zero-order chi connectivity index (χ0) is 13.8. The predicted molar refractivity (Wildman–Crippen MR) is 63.8 cm³/mol. The van der Waals surface area contributed by atoms with Crippen LogP contribution in [0.25, 0.3) is 0 Å². The number of halogens is 2. The second-order valence-corrected chi connectivity index (χ2v) is 3.79. The maximum absolute atomic E-state index is 13.6. The summed E-state index contributed by atoms with van der Waals surface area (Å²) in [6, 6.07) is 10.7. The molecule has 0 spiro atoms. The van der Waals surface area contributed by atoms with E-state index in [0.29, 0.717) is 0 Å². The van der Waals surface area contributed by atoms with Gasteiger partial charge in [0.05, 0.1) is 0 Å². The number of hydrogen-bond acceptors (Lipinski definition) is 2. The molecule has 5 heteroatoms. The molecule has 0 aliphatic rings. The van der Waals surface area contributed by atoms with Crippen LogP contribution in [-0.2, 0) is 4.79 Å². The van der Waals surface area contributed by atoms with Crippen LogP contribution in [0, 0.1) is 11.6 Å². The van der Waals surface area contributed by atoms with Crippen molar-refractivity contribution < 1.29 is 23.4 Å². The molecule has 0 bridgehead atoms. The van der Waals surface area contributed by atoms with E-state index in [1.165, 1.54) is 36.4 Å². The Morgan fingerprint density at radius 1 is 1.00 bits per heavy atom. The Labute approximate surface area is 108 Å². The van der Waals surface area contributed by atoms with E-state index >= 15 is 0 Å². The van der Waals surface area contributed by atoms with Gasteiger partial charge in [0, 0.05) is 5.56 Å². The van der Waals surface area contributed by atoms with Crippen LogP contribution in [-0.4, -0.2) is 11.1 Å². The van der Waals surface area contributed by atoms with Gasteiger partial charge >= 0.3 is 5.97 Å². The lowest BCUT2D eigenvalue weighted by Gasteiger charge is -2.16. The van der Waals surface area contributed by atoms with E-state index in [-0.39, 0.29) is 11.3 Å². The highest BCUT2D eigenvalue weighted by molar-refractivity contribution is 5.75. The summed E-state index contributed by atoms with van der Waals surface area (Å²) >= 11 is 0. The van der Waals surface area contributed by atoms with Gasteiger partial charge in [0.2, 0.25) is 6.10 Å². The van der Waals surface area contributed by atoms with Crippen LogP contribution in [0.15, 0.2) is 48.5 Å². The third-order valence-corrected chi connectivity index (χ3v) is 2.49. The van der Waals surface area contributed by atoms with E-state index in [0.717, 1.165) is 12.1 Å². The first-order valence-electron chi connectivity index (χ1n) is 5.48. The summed E-state index contributed by atoms with van der Waals surface area (Å²) in [5.41, 5.74) is -0.154. The minimum atomic E-state index is -1.60. The summed E-state index contributed by atoms with van der Waals surface area (Å²) in [6.07, 6.45) is -1.60. The highest BCUT2D eigenvalue weighted by Crippen LogP contribution is 2.26. The zero-order valence-electron chi connectivity index (χ0n) is 9.72. The molecule has 1 unspecified atom stereocenters. The Bertz CT molecular complexity index is 599. The first-order valence-corrected chi connectivity index (χ1v) is 5.48. The SMILES string of the molecule is O=C(O)C(Oc1ccccc1F)c1ccccc1F. The summed E-state index contributed by atoms with van der Waals surface area (Å²) in [5.74, 6) is -3.05. The zero-order valence-corrected chi connectivity index (χ0v) is 9.72. The maximum Gasteiger partial charge on any atom is 0.349 e. The van der Waals surface area contributed by atoms with E-state index in [2.05, 4.69) is 0 Å². The van der Waals surface area contributed by atoms with Crippen LogP contribution in [0.4, 0.5) is 8.78 Å². The Kier molecular flexibility index (Phi) is 3.75. The molecule has 2 aromatic rings. The third kappa shape index (κ3) is 2.88. The molecule has 3 nitrogen and oxygen atoms in total. The van der Waals surface area contributed by atoms with Crippen LogP contribution in [0.2, 0.25) is 0 Å². The first-order chi connectivity index (χ1) is 9.09. The highest BCUT2D eigenvalue weighted by atomic mass is 19.1. The summed E-state index contributed by atoms with van der Waals surface area (Å²) in [5, 5.41) is 9.09. The number of carbonyl (C=O) groups is 1. The standard InChI is InChI=1S/C14H10F2O3/c15-10-6-2-1-5-9(10)13(14(17)18)19-12-8-4-3-7-11(12)16/h1-8,13H,(H,17,18). The molecule has 0 aliphatic heterocycles. The third-order valence-electron chi connectivity index (χ3n) is 2.49. The van der Waals surface area contributed by atoms with E-state index in [1.54, 1.807) is 0 Å². The summed E-state index contributed by atoms with van der Waals surface area (Å²) in [6.45, 7) is 0. The molecule has 1 atom stereocenters. The first kappa shape index (κ1) is 13.0. The number of carboxylic acid groups (broad SMARTS) is 1. The normalized spacial score (nSPS) is 11.9. The molecule has 0 radical (unpaired) electrons. The van der Waals surface area contributed by atoms with Gasteiger partial charge in [0.1, 0.15) is 5.82 Å². The Morgan fingerprint density at radius 3 is 2.16 bits per heavy atom. The average molecular weight is 264 g/mol. The molecular formula is C14H10F2O3. The number of benzene rings is 2. The molecule has 0 amide bonds. The minimum Gasteiger partial charge on any atom is -0.478 e. The fraction of sp³-hybridized carbons (Fsp3) is 0.0714. The van der Waals surface area contributed by atoms with Crippen molar-refractivity contribution in [1.29, 1.82) is 0 Å². The summed E-state index contributed by atoms with van der Waals surface area (Å²) in [4.78, 5) is 11.2. The number of aliphatic carboxylic acids is 1. The topological polar surface area (TPSA) is 46.5 Å². The van der Waals surface area contributed by atoms with Crippen LogP contribution in [0.1, 0.15) is 11.7 Å². The van der Waals surface area contributed by atoms with Crippen molar-refractivity contribution in [2.45, 2.75) is 6.10 Å². The monoisotopic (exact) mass is 264 g/mol. The van der Waals surface area contributed by atoms with Crippen molar-refractivity contribution in [2.24, 2.45) is 0 Å². The van der Waals surface area contributed by atoms with Gasteiger partial charge in [-0.2, -0.15) is 0 Å². The van der Waals surface area contributed by atoms with Crippen LogP contribution in [0.5, 0.6) is 5.75 Å². The Balaban J connectivity index is 2.35. The molecule has 19 heavy (non-hydrogen) atoms. The fourth-order valence-corrected chi connectivity index (χ4v) is 1.60. The Morgan fingerprint density at radius 2 is 1.58 bits per heavy atom. The number of carboxylic acids is 1. The smallest absolute Gasteiger partial charge is 0.349 e. The Hall–Kier alpha value is -2.43. The highest BCUT2D eigenvalue weighted by Gasteiger charge is 2.25. The maximum atomic E-state index is 13.6. The molecular weight excluding hydrogens is 254 g/mol. The van der Waals surface area contributed by atoms with Crippen molar-refractivity contribution in [3.8, 4) is 5.75 Å². The molecule has 98 valence electrons. The number of para-hydroxylation sites is 1. The van der Waals surface area contributed by atoms with Gasteiger partial charge in [0.15, 0.2) is 11.6 Å². The van der Waals surface area contributed by atoms with Crippen LogP contribution >= 0.6 is 0 Å². The van der Waals surface area contributed by atoms with Crippen LogP contribution in [0.3, 0.4) is 0 Å². The number of ether oxygens (including phenoxy) is 1. The molecule has 0 heterocycles. The average Bonchev–Trinajstić information content (AvgIpc) is 2.38. The quantitative estimate of drug-likeness (QED) is 0.922. The van der Waals surface area contributed by atoms with Crippen molar-refractivity contribution in [3.05, 3.63) is 65.7 Å². The van der Waals surface area contributed by atoms with Gasteiger partial charge in [-0.25, -0.2) is 13.6 Å². The number of hydrogen-bond donors (Lipinski definition) is 1. The molecule has 0 saturated carbocycles. The van der Waals surface area contributed by atoms with Crippen molar-refractivity contribution in [2.75, 3.05) is 0 Å². The predicted octanol–water partition coefficient (Wildman–Crippen LogP) is 3.17. The fourth-order valence-electron chi connectivity index (χ4n) is 1.60. The van der Waals surface area contributed by atoms with E-state index in [9.17, 15) is 13.6 Å². The molecule has 0 aromatic heterocycles. The lowest BCUT2D eigenvalue weighted by molar-refractivity contribution is -0.145. The molecule has 0 saturated heterocycles. The summed E-state index contributed by atoms with van der Waals surface area (Å²) < 4.78 is 32.0. The van der Waals surface area contributed by atoms with Crippen molar-refractivity contribution >= 4 is 5.97 Å². The molecule has 0 aliphatic carbocycles. The summed E-state index contributed by atoms with van der Waals surface area (Å²) in [7, 11) is 0. The van der Waals surface area contributed by atoms with Gasteiger partial charge in [-0.05, 0) is 18.2 Å².